The molecule has 0 aromatic heterocycles. The molecule has 0 unspecified atom stereocenters. The zero-order chi connectivity index (χ0) is 9.68. The van der Waals surface area contributed by atoms with Crippen molar-refractivity contribution in [1.82, 2.24) is 0 Å². The van der Waals surface area contributed by atoms with Gasteiger partial charge in [0.1, 0.15) is 5.82 Å². The number of benzene rings is 1. The summed E-state index contributed by atoms with van der Waals surface area (Å²) in [6.07, 6.45) is 5.68. The highest BCUT2D eigenvalue weighted by Gasteiger charge is 1.99. The Morgan fingerprint density at radius 1 is 1.54 bits per heavy atom. The van der Waals surface area contributed by atoms with Gasteiger partial charge in [-0.25, -0.2) is 4.39 Å². The van der Waals surface area contributed by atoms with Crippen molar-refractivity contribution in [3.8, 4) is 12.3 Å². The van der Waals surface area contributed by atoms with Crippen LogP contribution in [0.5, 0.6) is 0 Å². The molecule has 0 atom stereocenters. The lowest BCUT2D eigenvalue weighted by molar-refractivity contribution is 0.629. The van der Waals surface area contributed by atoms with Gasteiger partial charge in [0.05, 0.1) is 5.69 Å². The molecule has 0 spiro atoms. The van der Waals surface area contributed by atoms with Gasteiger partial charge in [-0.2, -0.15) is 0 Å². The quantitative estimate of drug-likeness (QED) is 0.552. The van der Waals surface area contributed by atoms with E-state index in [0.717, 1.165) is 5.56 Å². The minimum absolute atomic E-state index is 0.225. The summed E-state index contributed by atoms with van der Waals surface area (Å²) in [6, 6.07) is 5.08. The van der Waals surface area contributed by atoms with Crippen molar-refractivity contribution in [3.05, 3.63) is 29.6 Å². The van der Waals surface area contributed by atoms with Gasteiger partial charge in [0, 0.05) is 13.0 Å². The zero-order valence-electron chi connectivity index (χ0n) is 7.60. The van der Waals surface area contributed by atoms with E-state index in [1.54, 1.807) is 6.07 Å². The molecule has 0 amide bonds. The lowest BCUT2D eigenvalue weighted by Crippen LogP contribution is -2.02. The minimum Gasteiger partial charge on any atom is -0.382 e. The van der Waals surface area contributed by atoms with Gasteiger partial charge in [0.15, 0.2) is 0 Å². The lowest BCUT2D eigenvalue weighted by Gasteiger charge is -2.05. The average molecular weight is 177 g/mol. The van der Waals surface area contributed by atoms with Crippen LogP contribution in [0.1, 0.15) is 12.0 Å². The van der Waals surface area contributed by atoms with E-state index in [9.17, 15) is 4.39 Å². The van der Waals surface area contributed by atoms with Crippen molar-refractivity contribution >= 4 is 5.69 Å². The molecule has 1 aromatic carbocycles. The van der Waals surface area contributed by atoms with Gasteiger partial charge in [-0.1, -0.05) is 6.07 Å². The third-order valence-corrected chi connectivity index (χ3v) is 1.71. The fraction of sp³-hybridized carbons (Fsp3) is 0.273. The van der Waals surface area contributed by atoms with Crippen LogP contribution in [0, 0.1) is 25.1 Å². The van der Waals surface area contributed by atoms with E-state index in [1.165, 1.54) is 6.07 Å². The normalized spacial score (nSPS) is 9.31. The van der Waals surface area contributed by atoms with Gasteiger partial charge < -0.3 is 5.32 Å². The maximum Gasteiger partial charge on any atom is 0.146 e. The molecule has 1 aromatic rings. The van der Waals surface area contributed by atoms with Crippen LogP contribution >= 0.6 is 0 Å². The summed E-state index contributed by atoms with van der Waals surface area (Å²) in [4.78, 5) is 0. The largest absolute Gasteiger partial charge is 0.382 e. The van der Waals surface area contributed by atoms with E-state index in [-0.39, 0.29) is 5.82 Å². The highest BCUT2D eigenvalue weighted by atomic mass is 19.1. The Morgan fingerprint density at radius 3 is 2.92 bits per heavy atom. The van der Waals surface area contributed by atoms with E-state index in [4.69, 9.17) is 6.42 Å². The van der Waals surface area contributed by atoms with Crippen LogP contribution in [0.4, 0.5) is 10.1 Å². The Bertz CT molecular complexity index is 325. The molecule has 0 aliphatic carbocycles. The molecule has 0 aliphatic heterocycles. The van der Waals surface area contributed by atoms with Gasteiger partial charge in [-0.15, -0.1) is 12.3 Å². The predicted octanol–water partition coefficient (Wildman–Crippen LogP) is 2.57. The summed E-state index contributed by atoms with van der Waals surface area (Å²) in [5, 5.41) is 2.92. The smallest absolute Gasteiger partial charge is 0.146 e. The van der Waals surface area contributed by atoms with E-state index in [0.29, 0.717) is 18.7 Å². The van der Waals surface area contributed by atoms with E-state index < -0.39 is 0 Å². The minimum atomic E-state index is -0.225. The summed E-state index contributed by atoms with van der Waals surface area (Å²) in [5.41, 5.74) is 1.43. The number of halogens is 1. The second-order valence-electron chi connectivity index (χ2n) is 2.86. The van der Waals surface area contributed by atoms with E-state index in [1.807, 2.05) is 13.0 Å². The first kappa shape index (κ1) is 9.60. The Labute approximate surface area is 78.0 Å². The molecule has 0 aliphatic rings. The van der Waals surface area contributed by atoms with E-state index in [2.05, 4.69) is 11.2 Å². The number of aryl methyl sites for hydroxylation is 1. The van der Waals surface area contributed by atoms with Crippen LogP contribution in [-0.2, 0) is 0 Å². The Kier molecular flexibility index (Phi) is 3.33. The summed E-state index contributed by atoms with van der Waals surface area (Å²) in [6.45, 7) is 2.46. The maximum atomic E-state index is 13.2. The monoisotopic (exact) mass is 177 g/mol. The molecule has 13 heavy (non-hydrogen) atoms. The van der Waals surface area contributed by atoms with Crippen LogP contribution in [0.25, 0.3) is 0 Å². The molecule has 1 rings (SSSR count). The van der Waals surface area contributed by atoms with Crippen LogP contribution in [-0.4, -0.2) is 6.54 Å². The summed E-state index contributed by atoms with van der Waals surface area (Å²) < 4.78 is 13.2. The highest BCUT2D eigenvalue weighted by molar-refractivity contribution is 5.46. The second kappa shape index (κ2) is 4.51. The Balaban J connectivity index is 2.62. The number of nitrogens with one attached hydrogen (secondary N) is 1. The molecule has 0 heterocycles. The molecule has 0 bridgehead atoms. The Morgan fingerprint density at radius 2 is 2.31 bits per heavy atom. The van der Waals surface area contributed by atoms with Crippen LogP contribution in [0.3, 0.4) is 0 Å². The first-order valence-electron chi connectivity index (χ1n) is 4.17. The second-order valence-corrected chi connectivity index (χ2v) is 2.86. The molecular formula is C11H12FN. The fourth-order valence-electron chi connectivity index (χ4n) is 1.03. The number of hydrogen-bond donors (Lipinski definition) is 1. The van der Waals surface area contributed by atoms with Crippen LogP contribution in [0.15, 0.2) is 18.2 Å². The van der Waals surface area contributed by atoms with Crippen molar-refractivity contribution in [3.63, 3.8) is 0 Å². The van der Waals surface area contributed by atoms with Crippen molar-refractivity contribution in [2.45, 2.75) is 13.3 Å². The number of terminal acetylenes is 1. The molecule has 2 heteroatoms. The molecule has 1 N–H and O–H groups in total. The summed E-state index contributed by atoms with van der Waals surface area (Å²) >= 11 is 0. The fourth-order valence-corrected chi connectivity index (χ4v) is 1.03. The van der Waals surface area contributed by atoms with Crippen molar-refractivity contribution in [2.75, 3.05) is 11.9 Å². The van der Waals surface area contributed by atoms with Crippen LogP contribution < -0.4 is 5.32 Å². The first-order chi connectivity index (χ1) is 6.24. The van der Waals surface area contributed by atoms with Crippen molar-refractivity contribution in [2.24, 2.45) is 0 Å². The highest BCUT2D eigenvalue weighted by Crippen LogP contribution is 2.14. The number of rotatable bonds is 3. The zero-order valence-corrected chi connectivity index (χ0v) is 7.60. The van der Waals surface area contributed by atoms with Crippen molar-refractivity contribution in [1.29, 1.82) is 0 Å². The van der Waals surface area contributed by atoms with Crippen LogP contribution in [0.2, 0.25) is 0 Å². The lowest BCUT2D eigenvalue weighted by atomic mass is 10.2. The molecular weight excluding hydrogens is 165 g/mol. The molecule has 68 valence electrons. The topological polar surface area (TPSA) is 12.0 Å². The standard InChI is InChI=1S/C11H12FN/c1-3-4-7-13-11-6-5-9(2)8-10(11)12/h1,5-6,8,13H,4,7H2,2H3. The maximum absolute atomic E-state index is 13.2. The van der Waals surface area contributed by atoms with Crippen molar-refractivity contribution < 1.29 is 4.39 Å². The summed E-state index contributed by atoms with van der Waals surface area (Å²) in [7, 11) is 0. The number of anilines is 1. The third kappa shape index (κ3) is 2.79. The van der Waals surface area contributed by atoms with Gasteiger partial charge in [0.2, 0.25) is 0 Å². The van der Waals surface area contributed by atoms with Gasteiger partial charge in [-0.3, -0.25) is 0 Å². The summed E-state index contributed by atoms with van der Waals surface area (Å²) in [5.74, 6) is 2.26. The number of hydrogen-bond acceptors (Lipinski definition) is 1. The van der Waals surface area contributed by atoms with E-state index >= 15 is 0 Å². The average Bonchev–Trinajstić information content (AvgIpc) is 2.09. The van der Waals surface area contributed by atoms with Gasteiger partial charge >= 0.3 is 0 Å². The molecule has 0 saturated carbocycles. The molecule has 0 radical (unpaired) electrons. The Hall–Kier alpha value is -1.49. The third-order valence-electron chi connectivity index (χ3n) is 1.71. The van der Waals surface area contributed by atoms with Gasteiger partial charge in [-0.05, 0) is 24.6 Å². The first-order valence-corrected chi connectivity index (χ1v) is 4.17. The molecule has 0 saturated heterocycles. The predicted molar refractivity (Wildman–Crippen MR) is 53.1 cm³/mol. The molecule has 1 nitrogen and oxygen atoms in total. The van der Waals surface area contributed by atoms with Gasteiger partial charge in [0.25, 0.3) is 0 Å². The SMILES string of the molecule is C#CCCNc1ccc(C)cc1F. The molecule has 0 fully saturated rings.